The summed E-state index contributed by atoms with van der Waals surface area (Å²) in [6, 6.07) is 12.9. The summed E-state index contributed by atoms with van der Waals surface area (Å²) in [6.45, 7) is 4.77. The molecule has 1 N–H and O–H groups in total. The van der Waals surface area contributed by atoms with Crippen molar-refractivity contribution in [2.24, 2.45) is 0 Å². The number of halogens is 2. The Labute approximate surface area is 182 Å². The molecule has 4 rings (SSSR count). The highest BCUT2D eigenvalue weighted by Crippen LogP contribution is 2.30. The van der Waals surface area contributed by atoms with Crippen LogP contribution in [0.2, 0.25) is 0 Å². The van der Waals surface area contributed by atoms with Gasteiger partial charge in [-0.15, -0.1) is 0 Å². The van der Waals surface area contributed by atoms with Gasteiger partial charge in [-0.25, -0.2) is 8.78 Å². The number of rotatable bonds is 7. The summed E-state index contributed by atoms with van der Waals surface area (Å²) in [5.41, 5.74) is 1.94. The number of carbonyl (C=O) groups is 1. The number of nitrogens with zero attached hydrogens (tertiary/aromatic N) is 2. The van der Waals surface area contributed by atoms with Crippen LogP contribution in [0.15, 0.2) is 48.5 Å². The van der Waals surface area contributed by atoms with E-state index in [2.05, 4.69) is 15.1 Å². The molecule has 0 unspecified atom stereocenters. The van der Waals surface area contributed by atoms with Gasteiger partial charge in [-0.2, -0.15) is 0 Å². The van der Waals surface area contributed by atoms with Crippen LogP contribution in [0.4, 0.5) is 8.78 Å². The molecule has 2 saturated heterocycles. The summed E-state index contributed by atoms with van der Waals surface area (Å²) in [7, 11) is 0. The monoisotopic (exact) mass is 429 g/mol. The number of carbonyl (C=O) groups excluding carboxylic acids is 1. The lowest BCUT2D eigenvalue weighted by atomic mass is 9.96. The molecule has 0 saturated carbocycles. The third-order valence-corrected chi connectivity index (χ3v) is 6.06. The average Bonchev–Trinajstić information content (AvgIpc) is 3.30. The van der Waals surface area contributed by atoms with Crippen molar-refractivity contribution in [1.29, 1.82) is 0 Å². The van der Waals surface area contributed by atoms with E-state index in [9.17, 15) is 13.6 Å². The predicted molar refractivity (Wildman–Crippen MR) is 115 cm³/mol. The Hall–Kier alpha value is -2.35. The number of hydrogen-bond acceptors (Lipinski definition) is 4. The highest BCUT2D eigenvalue weighted by molar-refractivity contribution is 5.78. The molecule has 0 aromatic heterocycles. The molecule has 0 spiro atoms. The van der Waals surface area contributed by atoms with Gasteiger partial charge in [0.05, 0.1) is 18.7 Å². The van der Waals surface area contributed by atoms with Crippen molar-refractivity contribution < 1.29 is 18.3 Å². The average molecular weight is 430 g/mol. The molecule has 2 aromatic rings. The van der Waals surface area contributed by atoms with Crippen molar-refractivity contribution in [3.05, 3.63) is 71.3 Å². The van der Waals surface area contributed by atoms with E-state index in [0.717, 1.165) is 56.8 Å². The molecule has 0 aliphatic carbocycles. The molecule has 2 aliphatic heterocycles. The summed E-state index contributed by atoms with van der Waals surface area (Å²) in [5.74, 6) is -0.529. The van der Waals surface area contributed by atoms with Crippen LogP contribution in [-0.4, -0.2) is 67.7 Å². The lowest BCUT2D eigenvalue weighted by Crippen LogP contribution is -2.50. The molecule has 2 heterocycles. The van der Waals surface area contributed by atoms with E-state index < -0.39 is 0 Å². The molecule has 0 bridgehead atoms. The van der Waals surface area contributed by atoms with Gasteiger partial charge in [0.15, 0.2) is 0 Å². The maximum Gasteiger partial charge on any atom is 0.234 e. The highest BCUT2D eigenvalue weighted by atomic mass is 19.1. The molecule has 1 amide bonds. The van der Waals surface area contributed by atoms with Crippen molar-refractivity contribution in [2.75, 3.05) is 45.9 Å². The minimum Gasteiger partial charge on any atom is -0.376 e. The van der Waals surface area contributed by atoms with Crippen molar-refractivity contribution in [2.45, 2.75) is 25.0 Å². The van der Waals surface area contributed by atoms with E-state index in [1.165, 1.54) is 24.3 Å². The van der Waals surface area contributed by atoms with Gasteiger partial charge in [0.25, 0.3) is 0 Å². The fraction of sp³-hybridized carbons (Fsp3) is 0.458. The van der Waals surface area contributed by atoms with Gasteiger partial charge in [0.2, 0.25) is 5.91 Å². The van der Waals surface area contributed by atoms with Gasteiger partial charge in [0, 0.05) is 39.3 Å². The van der Waals surface area contributed by atoms with Crippen LogP contribution in [0.25, 0.3) is 0 Å². The van der Waals surface area contributed by atoms with Gasteiger partial charge in [-0.3, -0.25) is 14.6 Å². The second-order valence-electron chi connectivity index (χ2n) is 8.26. The molecule has 2 aliphatic rings. The van der Waals surface area contributed by atoms with Crippen LogP contribution in [0, 0.1) is 11.6 Å². The maximum atomic E-state index is 13.5. The van der Waals surface area contributed by atoms with E-state index in [1.807, 2.05) is 0 Å². The zero-order valence-corrected chi connectivity index (χ0v) is 17.6. The van der Waals surface area contributed by atoms with E-state index in [-0.39, 0.29) is 29.7 Å². The van der Waals surface area contributed by atoms with Gasteiger partial charge in [-0.05, 0) is 48.2 Å². The highest BCUT2D eigenvalue weighted by Gasteiger charge is 2.27. The number of hydrogen-bond donors (Lipinski definition) is 1. The normalized spacial score (nSPS) is 20.3. The zero-order valence-electron chi connectivity index (χ0n) is 17.6. The summed E-state index contributed by atoms with van der Waals surface area (Å²) < 4.78 is 32.5. The van der Waals surface area contributed by atoms with Crippen LogP contribution >= 0.6 is 0 Å². The first-order valence-corrected chi connectivity index (χ1v) is 10.9. The Morgan fingerprint density at radius 1 is 0.968 bits per heavy atom. The molecule has 2 fully saturated rings. The number of piperazine rings is 1. The standard InChI is InChI=1S/C24H29F2N3O2/c25-20-7-3-18(4-8-20)24(19-5-9-21(26)10-6-19)29-13-11-28(12-14-29)17-23(30)27-16-22-2-1-15-31-22/h3-10,22,24H,1-2,11-17H2,(H,27,30)/t22-/m1/s1. The molecule has 7 heteroatoms. The summed E-state index contributed by atoms with van der Waals surface area (Å²) in [4.78, 5) is 16.8. The Morgan fingerprint density at radius 2 is 1.55 bits per heavy atom. The molecule has 0 radical (unpaired) electrons. The van der Waals surface area contributed by atoms with Gasteiger partial charge >= 0.3 is 0 Å². The summed E-state index contributed by atoms with van der Waals surface area (Å²) in [5, 5.41) is 2.98. The molecule has 31 heavy (non-hydrogen) atoms. The summed E-state index contributed by atoms with van der Waals surface area (Å²) >= 11 is 0. The second kappa shape index (κ2) is 10.3. The van der Waals surface area contributed by atoms with E-state index in [0.29, 0.717) is 13.1 Å². The Bertz CT molecular complexity index is 801. The molecular weight excluding hydrogens is 400 g/mol. The van der Waals surface area contributed by atoms with Crippen LogP contribution < -0.4 is 5.32 Å². The SMILES string of the molecule is O=C(CN1CCN(C(c2ccc(F)cc2)c2ccc(F)cc2)CC1)NC[C@H]1CCCO1. The second-order valence-corrected chi connectivity index (χ2v) is 8.26. The Balaban J connectivity index is 1.36. The van der Waals surface area contributed by atoms with Crippen LogP contribution in [0.1, 0.15) is 30.0 Å². The molecular formula is C24H29F2N3O2. The number of amides is 1. The Morgan fingerprint density at radius 3 is 2.06 bits per heavy atom. The van der Waals surface area contributed by atoms with E-state index in [4.69, 9.17) is 4.74 Å². The largest absolute Gasteiger partial charge is 0.376 e. The molecule has 2 aromatic carbocycles. The van der Waals surface area contributed by atoms with Crippen molar-refractivity contribution in [3.63, 3.8) is 0 Å². The lowest BCUT2D eigenvalue weighted by Gasteiger charge is -2.39. The van der Waals surface area contributed by atoms with Crippen molar-refractivity contribution in [1.82, 2.24) is 15.1 Å². The first kappa shape index (κ1) is 21.9. The maximum absolute atomic E-state index is 13.5. The minimum atomic E-state index is -0.277. The smallest absolute Gasteiger partial charge is 0.234 e. The van der Waals surface area contributed by atoms with Gasteiger partial charge in [-0.1, -0.05) is 24.3 Å². The molecule has 1 atom stereocenters. The fourth-order valence-electron chi connectivity index (χ4n) is 4.38. The first-order chi connectivity index (χ1) is 15.1. The van der Waals surface area contributed by atoms with Gasteiger partial charge in [0.1, 0.15) is 11.6 Å². The Kier molecular flexibility index (Phi) is 7.27. The van der Waals surface area contributed by atoms with E-state index >= 15 is 0 Å². The molecule has 5 nitrogen and oxygen atoms in total. The number of ether oxygens (including phenoxy) is 1. The topological polar surface area (TPSA) is 44.8 Å². The van der Waals surface area contributed by atoms with Crippen molar-refractivity contribution >= 4 is 5.91 Å². The molecule has 166 valence electrons. The van der Waals surface area contributed by atoms with Crippen LogP contribution in [-0.2, 0) is 9.53 Å². The summed E-state index contributed by atoms with van der Waals surface area (Å²) in [6.07, 6.45) is 2.21. The quantitative estimate of drug-likeness (QED) is 0.735. The van der Waals surface area contributed by atoms with Crippen molar-refractivity contribution in [3.8, 4) is 0 Å². The van der Waals surface area contributed by atoms with Crippen LogP contribution in [0.5, 0.6) is 0 Å². The fourth-order valence-corrected chi connectivity index (χ4v) is 4.38. The third kappa shape index (κ3) is 5.87. The predicted octanol–water partition coefficient (Wildman–Crippen LogP) is 2.97. The number of benzene rings is 2. The lowest BCUT2D eigenvalue weighted by molar-refractivity contribution is -0.123. The van der Waals surface area contributed by atoms with Gasteiger partial charge < -0.3 is 10.1 Å². The third-order valence-electron chi connectivity index (χ3n) is 6.06. The zero-order chi connectivity index (χ0) is 21.6. The number of nitrogens with one attached hydrogen (secondary N) is 1. The minimum absolute atomic E-state index is 0.0255. The van der Waals surface area contributed by atoms with E-state index in [1.54, 1.807) is 24.3 Å². The van der Waals surface area contributed by atoms with Crippen LogP contribution in [0.3, 0.4) is 0 Å². The first-order valence-electron chi connectivity index (χ1n) is 10.9.